The Bertz CT molecular complexity index is 835. The first-order chi connectivity index (χ1) is 12.4. The van der Waals surface area contributed by atoms with Crippen LogP contribution in [0, 0.1) is 0 Å². The summed E-state index contributed by atoms with van der Waals surface area (Å²) in [5.41, 5.74) is 0.590. The van der Waals surface area contributed by atoms with E-state index in [1.165, 1.54) is 36.9 Å². The zero-order valence-electron chi connectivity index (χ0n) is 14.9. The number of hydrogen-bond acceptors (Lipinski definition) is 6. The molecule has 0 aliphatic rings. The zero-order valence-corrected chi connectivity index (χ0v) is 16.5. The summed E-state index contributed by atoms with van der Waals surface area (Å²) in [4.78, 5) is 12.1. The van der Waals surface area contributed by atoms with Crippen LogP contribution in [0.25, 0.3) is 0 Å². The molecule has 0 spiro atoms. The molecule has 26 heavy (non-hydrogen) atoms. The van der Waals surface area contributed by atoms with Crippen molar-refractivity contribution in [3.63, 3.8) is 0 Å². The molecule has 0 saturated carbocycles. The molecule has 1 aromatic heterocycles. The van der Waals surface area contributed by atoms with Gasteiger partial charge in [0.2, 0.25) is 5.91 Å². The van der Waals surface area contributed by atoms with Crippen LogP contribution in [0.5, 0.6) is 11.5 Å². The van der Waals surface area contributed by atoms with Crippen LogP contribution in [0.2, 0.25) is 0 Å². The molecule has 0 aliphatic heterocycles. The Hall–Kier alpha value is -2.10. The Kier molecular flexibility index (Phi) is 7.01. The van der Waals surface area contributed by atoms with Gasteiger partial charge in [0.1, 0.15) is 4.21 Å². The number of carbonyl (C=O) groups excluding carboxylic acids is 1. The lowest BCUT2D eigenvalue weighted by Crippen LogP contribution is -2.28. The van der Waals surface area contributed by atoms with E-state index in [2.05, 4.69) is 5.32 Å². The number of nitrogens with zero attached hydrogens (tertiary/aromatic N) is 1. The van der Waals surface area contributed by atoms with Crippen molar-refractivity contribution in [2.75, 3.05) is 33.1 Å². The number of carbonyl (C=O) groups is 1. The van der Waals surface area contributed by atoms with E-state index in [0.29, 0.717) is 27.8 Å². The first-order valence-electron chi connectivity index (χ1n) is 7.90. The maximum absolute atomic E-state index is 12.3. The lowest BCUT2D eigenvalue weighted by atomic mass is 10.2. The molecule has 1 amide bonds. The maximum atomic E-state index is 12.3. The summed E-state index contributed by atoms with van der Waals surface area (Å²) in [6.45, 7) is 0.263. The molecule has 1 N–H and O–H groups in total. The molecule has 2 rings (SSSR count). The molecule has 2 aromatic rings. The third-order valence-corrected chi connectivity index (χ3v) is 6.93. The topological polar surface area (TPSA) is 84.9 Å². The molecule has 142 valence electrons. The Balaban J connectivity index is 1.86. The smallest absolute Gasteiger partial charge is 0.252 e. The molecule has 9 heteroatoms. The predicted molar refractivity (Wildman–Crippen MR) is 102 cm³/mol. The van der Waals surface area contributed by atoms with E-state index in [9.17, 15) is 13.2 Å². The van der Waals surface area contributed by atoms with Crippen molar-refractivity contribution in [1.29, 1.82) is 0 Å². The number of nitrogens with one attached hydrogen (secondary N) is 1. The summed E-state index contributed by atoms with van der Waals surface area (Å²) in [7, 11) is 1.10. The third kappa shape index (κ3) is 4.96. The van der Waals surface area contributed by atoms with Crippen molar-refractivity contribution in [2.45, 2.75) is 17.1 Å². The minimum Gasteiger partial charge on any atom is -0.493 e. The van der Waals surface area contributed by atoms with Gasteiger partial charge in [-0.15, -0.1) is 11.3 Å². The number of ether oxygens (including phenoxy) is 2. The number of benzene rings is 1. The first-order valence-corrected chi connectivity index (χ1v) is 10.2. The van der Waals surface area contributed by atoms with Crippen LogP contribution in [0.4, 0.5) is 5.69 Å². The van der Waals surface area contributed by atoms with E-state index in [-0.39, 0.29) is 18.9 Å². The summed E-state index contributed by atoms with van der Waals surface area (Å²) in [5.74, 6) is 0.900. The number of sulfonamides is 1. The number of methoxy groups -OCH3 is 2. The monoisotopic (exact) mass is 398 g/mol. The number of hydrogen-bond donors (Lipinski definition) is 1. The van der Waals surface area contributed by atoms with Gasteiger partial charge in [0.05, 0.1) is 14.2 Å². The van der Waals surface area contributed by atoms with Gasteiger partial charge in [0.25, 0.3) is 10.0 Å². The normalized spacial score (nSPS) is 11.4. The third-order valence-electron chi connectivity index (χ3n) is 3.70. The van der Waals surface area contributed by atoms with Crippen molar-refractivity contribution >= 4 is 33.0 Å². The lowest BCUT2D eigenvalue weighted by Gasteiger charge is -2.16. The Morgan fingerprint density at radius 1 is 1.19 bits per heavy atom. The summed E-state index contributed by atoms with van der Waals surface area (Å²) in [6, 6.07) is 8.36. The standard InChI is InChI=1S/C17H22N2O5S2/c1-19(26(21,22)17-7-5-11-25-17)10-4-6-16(20)18-13-8-9-14(23-2)15(12-13)24-3/h5,7-9,11-12H,4,6,10H2,1-3H3,(H,18,20). The second-order valence-electron chi connectivity index (χ2n) is 5.48. The van der Waals surface area contributed by atoms with Crippen LogP contribution in [-0.4, -0.2) is 46.4 Å². The molecule has 0 saturated heterocycles. The summed E-state index contributed by atoms with van der Waals surface area (Å²) in [5, 5.41) is 4.49. The van der Waals surface area contributed by atoms with Gasteiger partial charge in [-0.05, 0) is 30.0 Å². The van der Waals surface area contributed by atoms with Gasteiger partial charge in [-0.2, -0.15) is 0 Å². The fraction of sp³-hybridized carbons (Fsp3) is 0.353. The maximum Gasteiger partial charge on any atom is 0.252 e. The molecule has 0 atom stereocenters. The van der Waals surface area contributed by atoms with Crippen LogP contribution in [-0.2, 0) is 14.8 Å². The molecular weight excluding hydrogens is 376 g/mol. The second-order valence-corrected chi connectivity index (χ2v) is 8.70. The molecule has 1 aromatic carbocycles. The average Bonchev–Trinajstić information content (AvgIpc) is 3.16. The molecule has 0 bridgehead atoms. The highest BCUT2D eigenvalue weighted by Crippen LogP contribution is 2.29. The van der Waals surface area contributed by atoms with Crippen LogP contribution < -0.4 is 14.8 Å². The van der Waals surface area contributed by atoms with E-state index in [0.717, 1.165) is 0 Å². The van der Waals surface area contributed by atoms with E-state index in [1.54, 1.807) is 35.7 Å². The molecule has 7 nitrogen and oxygen atoms in total. The molecule has 0 radical (unpaired) electrons. The number of amides is 1. The number of anilines is 1. The van der Waals surface area contributed by atoms with Gasteiger partial charge in [-0.1, -0.05) is 6.07 Å². The zero-order chi connectivity index (χ0) is 19.2. The highest BCUT2D eigenvalue weighted by Gasteiger charge is 2.21. The summed E-state index contributed by atoms with van der Waals surface area (Å²) in [6.07, 6.45) is 0.624. The van der Waals surface area contributed by atoms with Crippen molar-refractivity contribution < 1.29 is 22.7 Å². The van der Waals surface area contributed by atoms with Gasteiger partial charge in [0, 0.05) is 31.8 Å². The fourth-order valence-corrected chi connectivity index (χ4v) is 4.69. The SMILES string of the molecule is COc1ccc(NC(=O)CCCN(C)S(=O)(=O)c2cccs2)cc1OC. The van der Waals surface area contributed by atoms with Gasteiger partial charge in [0.15, 0.2) is 11.5 Å². The van der Waals surface area contributed by atoms with Crippen molar-refractivity contribution in [3.05, 3.63) is 35.7 Å². The van der Waals surface area contributed by atoms with Crippen molar-refractivity contribution in [3.8, 4) is 11.5 Å². The molecule has 0 unspecified atom stereocenters. The van der Waals surface area contributed by atoms with Gasteiger partial charge in [-0.3, -0.25) is 4.79 Å². The summed E-state index contributed by atoms with van der Waals surface area (Å²) < 4.78 is 36.5. The van der Waals surface area contributed by atoms with Crippen LogP contribution in [0.3, 0.4) is 0 Å². The van der Waals surface area contributed by atoms with E-state index in [4.69, 9.17) is 9.47 Å². The van der Waals surface area contributed by atoms with Crippen molar-refractivity contribution in [1.82, 2.24) is 4.31 Å². The van der Waals surface area contributed by atoms with Crippen LogP contribution >= 0.6 is 11.3 Å². The van der Waals surface area contributed by atoms with Gasteiger partial charge in [-0.25, -0.2) is 12.7 Å². The Labute approximate surface area is 157 Å². The van der Waals surface area contributed by atoms with Crippen LogP contribution in [0.1, 0.15) is 12.8 Å². The van der Waals surface area contributed by atoms with E-state index < -0.39 is 10.0 Å². The van der Waals surface area contributed by atoms with E-state index >= 15 is 0 Å². The lowest BCUT2D eigenvalue weighted by molar-refractivity contribution is -0.116. The fourth-order valence-electron chi connectivity index (χ4n) is 2.28. The number of thiophene rings is 1. The van der Waals surface area contributed by atoms with Gasteiger partial charge >= 0.3 is 0 Å². The Morgan fingerprint density at radius 3 is 2.54 bits per heavy atom. The largest absolute Gasteiger partial charge is 0.493 e. The average molecular weight is 399 g/mol. The predicted octanol–water partition coefficient (Wildman–Crippen LogP) is 2.80. The quantitative estimate of drug-likeness (QED) is 0.702. The first kappa shape index (κ1) is 20.2. The minimum absolute atomic E-state index is 0.195. The summed E-state index contributed by atoms with van der Waals surface area (Å²) >= 11 is 1.18. The van der Waals surface area contributed by atoms with Crippen molar-refractivity contribution in [2.24, 2.45) is 0 Å². The Morgan fingerprint density at radius 2 is 1.92 bits per heavy atom. The van der Waals surface area contributed by atoms with E-state index in [1.807, 2.05) is 0 Å². The van der Waals surface area contributed by atoms with Crippen LogP contribution in [0.15, 0.2) is 39.9 Å². The molecule has 0 aliphatic carbocycles. The number of rotatable bonds is 9. The molecule has 0 fully saturated rings. The molecular formula is C17H22N2O5S2. The second kappa shape index (κ2) is 9.02. The highest BCUT2D eigenvalue weighted by molar-refractivity contribution is 7.91. The minimum atomic E-state index is -3.48. The van der Waals surface area contributed by atoms with Gasteiger partial charge < -0.3 is 14.8 Å². The molecule has 1 heterocycles. The highest BCUT2D eigenvalue weighted by atomic mass is 32.2.